The molecular formula is C49H52F6N3P3Ru. The molecular weight excluding hydrogens is 939 g/mol. The maximum absolute atomic E-state index is 10.7. The van der Waals surface area contributed by atoms with E-state index in [2.05, 4.69) is 211 Å². The SMILES string of the molecule is CC#N.CC(C)(C)c1cccc(P(c2ccccc2)c2ccccc2)n1.CC(C)(C)c1cccc(P(c2ccccc2)c2ccccc2)n1.F[P-](F)(F)(F)(F)F.[C-]1=CC=CC1.[Ru+2]. The molecule has 0 unspecified atom stereocenters. The summed E-state index contributed by atoms with van der Waals surface area (Å²) in [5.41, 5.74) is 4.76. The number of nitrogens with zero attached hydrogens (tertiary/aromatic N) is 3. The molecule has 0 amide bonds. The van der Waals surface area contributed by atoms with E-state index in [0.29, 0.717) is 0 Å². The first kappa shape index (κ1) is 53.8. The normalized spacial score (nSPS) is 12.8. The monoisotopic (exact) mass is 991 g/mol. The number of hydrogen-bond donors (Lipinski definition) is 0. The van der Waals surface area contributed by atoms with Gasteiger partial charge in [0, 0.05) is 45.0 Å². The second-order valence-electron chi connectivity index (χ2n) is 15.5. The summed E-state index contributed by atoms with van der Waals surface area (Å²) in [6.45, 7) is 14.7. The van der Waals surface area contributed by atoms with E-state index in [1.165, 1.54) is 39.0 Å². The molecule has 3 nitrogen and oxygen atoms in total. The van der Waals surface area contributed by atoms with Crippen LogP contribution in [-0.4, -0.2) is 9.97 Å². The van der Waals surface area contributed by atoms with Gasteiger partial charge >= 0.3 is 52.5 Å². The number of hydrogen-bond acceptors (Lipinski definition) is 3. The van der Waals surface area contributed by atoms with Crippen molar-refractivity contribution in [3.63, 3.8) is 0 Å². The first-order valence-corrected chi connectivity index (χ1v) is 24.0. The topological polar surface area (TPSA) is 49.6 Å². The van der Waals surface area contributed by atoms with Crippen molar-refractivity contribution in [1.82, 2.24) is 9.97 Å². The summed E-state index contributed by atoms with van der Waals surface area (Å²) in [6, 6.07) is 57.5. The fraction of sp³-hybridized carbons (Fsp3) is 0.204. The van der Waals surface area contributed by atoms with Crippen LogP contribution in [-0.2, 0) is 30.3 Å². The van der Waals surface area contributed by atoms with Crippen LogP contribution < -0.4 is 32.1 Å². The van der Waals surface area contributed by atoms with Crippen LogP contribution in [0.2, 0.25) is 0 Å². The van der Waals surface area contributed by atoms with Gasteiger partial charge in [0.2, 0.25) is 0 Å². The number of pyridine rings is 2. The quantitative estimate of drug-likeness (QED) is 0.0723. The average molecular weight is 991 g/mol. The molecule has 2 heterocycles. The van der Waals surface area contributed by atoms with Gasteiger partial charge in [0.05, 0.1) is 16.9 Å². The van der Waals surface area contributed by atoms with Crippen LogP contribution in [0.4, 0.5) is 25.2 Å². The molecule has 0 atom stereocenters. The zero-order valence-corrected chi connectivity index (χ0v) is 40.2. The predicted molar refractivity (Wildman–Crippen MR) is 250 cm³/mol. The second-order valence-corrected chi connectivity index (χ2v) is 21.7. The van der Waals surface area contributed by atoms with Crippen molar-refractivity contribution >= 4 is 55.7 Å². The molecule has 2 aromatic heterocycles. The summed E-state index contributed by atoms with van der Waals surface area (Å²) in [7, 11) is -11.9. The molecule has 0 saturated carbocycles. The van der Waals surface area contributed by atoms with Crippen molar-refractivity contribution in [3.05, 3.63) is 193 Å². The van der Waals surface area contributed by atoms with E-state index in [0.717, 1.165) is 17.8 Å². The predicted octanol–water partition coefficient (Wildman–Crippen LogP) is 13.5. The molecule has 0 spiro atoms. The molecule has 328 valence electrons. The summed E-state index contributed by atoms with van der Waals surface area (Å²) in [6.07, 6.45) is 10.0. The molecule has 0 N–H and O–H groups in total. The van der Waals surface area contributed by atoms with E-state index < -0.39 is 23.7 Å². The number of allylic oxidation sites excluding steroid dienone is 4. The molecule has 62 heavy (non-hydrogen) atoms. The van der Waals surface area contributed by atoms with Crippen LogP contribution in [0.25, 0.3) is 0 Å². The van der Waals surface area contributed by atoms with Gasteiger partial charge in [-0.2, -0.15) is 11.3 Å². The minimum Gasteiger partial charge on any atom is -0.273 e. The van der Waals surface area contributed by atoms with Crippen LogP contribution in [0.3, 0.4) is 0 Å². The Morgan fingerprint density at radius 2 is 0.790 bits per heavy atom. The van der Waals surface area contributed by atoms with E-state index >= 15 is 0 Å². The minimum absolute atomic E-state index is 0. The average Bonchev–Trinajstić information content (AvgIpc) is 3.80. The summed E-state index contributed by atoms with van der Waals surface area (Å²) in [5, 5.41) is 12.7. The van der Waals surface area contributed by atoms with E-state index in [1.54, 1.807) is 6.07 Å². The Labute approximate surface area is 379 Å². The molecule has 1 aliphatic carbocycles. The smallest absolute Gasteiger partial charge is 0.273 e. The van der Waals surface area contributed by atoms with Crippen LogP contribution in [0.5, 0.6) is 0 Å². The van der Waals surface area contributed by atoms with Crippen LogP contribution in [0.1, 0.15) is 66.3 Å². The van der Waals surface area contributed by atoms with Crippen molar-refractivity contribution < 1.29 is 44.7 Å². The third kappa shape index (κ3) is 21.1. The maximum Gasteiger partial charge on any atom is 2.00 e. The van der Waals surface area contributed by atoms with Gasteiger partial charge in [0.25, 0.3) is 0 Å². The largest absolute Gasteiger partial charge is 2.00 e. The van der Waals surface area contributed by atoms with Crippen LogP contribution in [0.15, 0.2) is 176 Å². The molecule has 6 aromatic rings. The Kier molecular flexibility index (Phi) is 20.3. The van der Waals surface area contributed by atoms with E-state index in [-0.39, 0.29) is 30.3 Å². The molecule has 0 saturated heterocycles. The molecule has 0 fully saturated rings. The first-order chi connectivity index (χ1) is 28.5. The van der Waals surface area contributed by atoms with Crippen molar-refractivity contribution in [1.29, 1.82) is 5.26 Å². The number of benzene rings is 4. The van der Waals surface area contributed by atoms with Gasteiger partial charge in [0.15, 0.2) is 0 Å². The summed E-state index contributed by atoms with van der Waals surface area (Å²) in [4.78, 5) is 10.1. The van der Waals surface area contributed by atoms with Crippen molar-refractivity contribution in [2.45, 2.75) is 65.7 Å². The van der Waals surface area contributed by atoms with E-state index in [4.69, 9.17) is 15.2 Å². The molecule has 0 aliphatic heterocycles. The van der Waals surface area contributed by atoms with Gasteiger partial charge in [0.1, 0.15) is 0 Å². The van der Waals surface area contributed by atoms with Gasteiger partial charge in [-0.3, -0.25) is 16.0 Å². The maximum atomic E-state index is 9.87. The molecule has 13 heteroatoms. The number of aromatic nitrogens is 2. The Balaban J connectivity index is 0.000000318. The first-order valence-electron chi connectivity index (χ1n) is 19.3. The molecule has 4 aromatic carbocycles. The zero-order valence-electron chi connectivity index (χ0n) is 35.8. The van der Waals surface area contributed by atoms with Crippen molar-refractivity contribution in [3.8, 4) is 6.07 Å². The summed E-state index contributed by atoms with van der Waals surface area (Å²) < 4.78 is 59.2. The second kappa shape index (κ2) is 23.4. The summed E-state index contributed by atoms with van der Waals surface area (Å²) in [5.74, 6) is 0. The minimum atomic E-state index is -10.7. The van der Waals surface area contributed by atoms with Crippen LogP contribution in [0, 0.1) is 17.4 Å². The fourth-order valence-corrected chi connectivity index (χ4v) is 9.83. The van der Waals surface area contributed by atoms with Gasteiger partial charge in [-0.15, -0.1) is 6.42 Å². The molecule has 1 aliphatic rings. The zero-order chi connectivity index (χ0) is 45.2. The van der Waals surface area contributed by atoms with Gasteiger partial charge in [-0.25, -0.2) is 12.2 Å². The van der Waals surface area contributed by atoms with Crippen molar-refractivity contribution in [2.24, 2.45) is 0 Å². The number of halogens is 6. The Hall–Kier alpha value is -4.36. The fourth-order valence-electron chi connectivity index (χ4n) is 5.41. The van der Waals surface area contributed by atoms with E-state index in [1.807, 2.05) is 12.2 Å². The Bertz CT molecular complexity index is 2090. The van der Waals surface area contributed by atoms with Gasteiger partial charge < -0.3 is 0 Å². The van der Waals surface area contributed by atoms with Gasteiger partial charge in [-0.05, 0) is 45.5 Å². The number of rotatable bonds is 6. The van der Waals surface area contributed by atoms with Gasteiger partial charge in [-0.1, -0.05) is 175 Å². The third-order valence-electron chi connectivity index (χ3n) is 8.11. The standard InChI is InChI=1S/2C21H22NP.C5H5.C2H3N.F6P.Ru/c2*1-21(2,3)19-15-10-16-20(22-19)23(17-11-6-4-7-12-17)18-13-8-5-9-14-18;1-2-4-5-3-1;1-2-3;1-7(2,3,4,5)6;/h2*4-16H,1-3H3;1-3H,4H2;1H3;;/q;;-1;;-1;+2. The molecule has 0 radical (unpaired) electrons. The Morgan fingerprint density at radius 3 is 0.984 bits per heavy atom. The van der Waals surface area contributed by atoms with E-state index in [9.17, 15) is 25.2 Å². The third-order valence-corrected chi connectivity index (χ3v) is 12.8. The van der Waals surface area contributed by atoms with Crippen LogP contribution >= 0.6 is 23.7 Å². The summed E-state index contributed by atoms with van der Waals surface area (Å²) >= 11 is 0. The molecule has 7 rings (SSSR count). The number of nitriles is 1. The van der Waals surface area contributed by atoms with Crippen molar-refractivity contribution in [2.75, 3.05) is 0 Å². The Morgan fingerprint density at radius 1 is 0.516 bits per heavy atom. The molecule has 0 bridgehead atoms.